The lowest BCUT2D eigenvalue weighted by Crippen LogP contribution is -2.55. The number of aromatic nitrogens is 2. The summed E-state index contributed by atoms with van der Waals surface area (Å²) in [6.45, 7) is 7.66. The lowest BCUT2D eigenvalue weighted by molar-refractivity contribution is -0.137. The number of aryl methyl sites for hydroxylation is 1. The van der Waals surface area contributed by atoms with Crippen molar-refractivity contribution in [3.05, 3.63) is 82.0 Å². The number of piperazine rings is 1. The highest BCUT2D eigenvalue weighted by Gasteiger charge is 2.37. The number of carbonyl (C=O) groups excluding carboxylic acids is 3. The summed E-state index contributed by atoms with van der Waals surface area (Å²) in [7, 11) is -0.787. The summed E-state index contributed by atoms with van der Waals surface area (Å²) >= 11 is 3.61. The van der Waals surface area contributed by atoms with E-state index in [1.54, 1.807) is 13.3 Å². The monoisotopic (exact) mass is 987 g/mol. The minimum absolute atomic E-state index is 0.0294. The molecule has 14 nitrogen and oxygen atoms in total. The van der Waals surface area contributed by atoms with Gasteiger partial charge in [0.2, 0.25) is 23.7 Å². The first kappa shape index (κ1) is 46.0. The zero-order valence-corrected chi connectivity index (χ0v) is 39.9. The Morgan fingerprint density at radius 1 is 0.909 bits per heavy atom. The minimum Gasteiger partial charge on any atom is -0.494 e. The van der Waals surface area contributed by atoms with Crippen LogP contribution in [0.4, 0.5) is 43.3 Å². The van der Waals surface area contributed by atoms with E-state index in [0.717, 1.165) is 93.0 Å². The number of carbonyl (C=O) groups is 3. The number of halogens is 3. The number of benzene rings is 3. The Hall–Kier alpha value is -5.12. The molecule has 3 amide bonds. The Morgan fingerprint density at radius 2 is 1.62 bits per heavy atom. The van der Waals surface area contributed by atoms with Crippen molar-refractivity contribution in [3.8, 4) is 5.75 Å². The van der Waals surface area contributed by atoms with Crippen LogP contribution in [0.1, 0.15) is 68.9 Å². The van der Waals surface area contributed by atoms with Gasteiger partial charge >= 0.3 is 0 Å². The summed E-state index contributed by atoms with van der Waals surface area (Å²) in [5.41, 5.74) is 3.92. The smallest absolute Gasteiger partial charge is 0.234 e. The molecule has 0 saturated carbocycles. The number of hydrogen-bond acceptors (Lipinski definition) is 12. The summed E-state index contributed by atoms with van der Waals surface area (Å²) < 4.78 is 51.0. The molecule has 5 aliphatic heterocycles. The number of piperidine rings is 2. The lowest BCUT2D eigenvalue weighted by atomic mass is 9.89. The number of ether oxygens (including phenoxy) is 1. The topological polar surface area (TPSA) is 152 Å². The molecule has 350 valence electrons. The normalized spacial score (nSPS) is 21.6. The summed E-state index contributed by atoms with van der Waals surface area (Å²) in [4.78, 5) is 55.8. The van der Waals surface area contributed by atoms with E-state index in [2.05, 4.69) is 65.7 Å². The molecule has 1 aromatic heterocycles. The van der Waals surface area contributed by atoms with E-state index in [0.29, 0.717) is 66.3 Å². The zero-order chi connectivity index (χ0) is 46.1. The first-order valence-corrected chi connectivity index (χ1v) is 26.1. The second-order valence-electron chi connectivity index (χ2n) is 18.1. The SMILES string of the molecule is CCc1cc(Nc2ncc(Br)c(Nc3ccccc3P3(=O)CCCC3)n2)c(OC)cc1N1CCC(N2CCN(C(=O)[C@@H]3CCN(c4cc(F)c(C5CCC(=O)NC5=O)c(F)c4)C3)CC2)CC1. The summed E-state index contributed by atoms with van der Waals surface area (Å²) in [5, 5.41) is 9.88. The summed E-state index contributed by atoms with van der Waals surface area (Å²) in [6, 6.07) is 14.9. The predicted octanol–water partition coefficient (Wildman–Crippen LogP) is 7.52. The van der Waals surface area contributed by atoms with Gasteiger partial charge in [-0.2, -0.15) is 4.98 Å². The van der Waals surface area contributed by atoms with Gasteiger partial charge in [-0.15, -0.1) is 0 Å². The molecular formula is C48H57BrF2N9O5P. The van der Waals surface area contributed by atoms with Crippen LogP contribution in [0.25, 0.3) is 0 Å². The van der Waals surface area contributed by atoms with Gasteiger partial charge in [-0.05, 0) is 96.8 Å². The molecule has 5 saturated heterocycles. The third-order valence-electron chi connectivity index (χ3n) is 14.2. The van der Waals surface area contributed by atoms with E-state index in [1.807, 2.05) is 34.1 Å². The van der Waals surface area contributed by atoms with Gasteiger partial charge in [0.05, 0.1) is 34.8 Å². The Labute approximate surface area is 392 Å². The molecular weight excluding hydrogens is 931 g/mol. The number of hydrogen-bond donors (Lipinski definition) is 3. The largest absolute Gasteiger partial charge is 0.494 e. The number of anilines is 6. The number of para-hydroxylation sites is 1. The summed E-state index contributed by atoms with van der Waals surface area (Å²) in [5.74, 6) is -2.36. The maximum Gasteiger partial charge on any atom is 0.234 e. The van der Waals surface area contributed by atoms with Gasteiger partial charge in [-0.3, -0.25) is 24.6 Å². The molecule has 0 bridgehead atoms. The van der Waals surface area contributed by atoms with E-state index in [-0.39, 0.29) is 30.2 Å². The zero-order valence-electron chi connectivity index (χ0n) is 37.5. The van der Waals surface area contributed by atoms with Crippen LogP contribution in [-0.4, -0.2) is 115 Å². The average Bonchev–Trinajstić information content (AvgIpc) is 4.01. The minimum atomic E-state index is -2.45. The van der Waals surface area contributed by atoms with Crippen LogP contribution in [-0.2, 0) is 25.4 Å². The fourth-order valence-corrected chi connectivity index (χ4v) is 13.9. The molecule has 3 N–H and O–H groups in total. The van der Waals surface area contributed by atoms with Gasteiger partial charge in [0.25, 0.3) is 0 Å². The Bertz CT molecular complexity index is 2520. The average molecular weight is 989 g/mol. The van der Waals surface area contributed by atoms with Crippen LogP contribution in [0, 0.1) is 17.6 Å². The molecule has 3 aromatic carbocycles. The van der Waals surface area contributed by atoms with Crippen molar-refractivity contribution in [2.45, 2.75) is 70.3 Å². The van der Waals surface area contributed by atoms with Gasteiger partial charge in [0, 0.05) is 112 Å². The number of rotatable bonds is 12. The maximum atomic E-state index is 15.3. The quantitative estimate of drug-likeness (QED) is 0.0952. The molecule has 0 spiro atoms. The molecule has 5 fully saturated rings. The molecule has 4 aromatic rings. The fraction of sp³-hybridized carbons (Fsp3) is 0.479. The number of methoxy groups -OCH3 is 1. The van der Waals surface area contributed by atoms with Crippen molar-refractivity contribution in [2.75, 3.05) is 92.2 Å². The van der Waals surface area contributed by atoms with Crippen LogP contribution in [0.2, 0.25) is 0 Å². The van der Waals surface area contributed by atoms with Gasteiger partial charge in [-0.25, -0.2) is 13.8 Å². The molecule has 0 aliphatic carbocycles. The second kappa shape index (κ2) is 19.6. The summed E-state index contributed by atoms with van der Waals surface area (Å²) in [6.07, 6.45) is 8.62. The lowest BCUT2D eigenvalue weighted by Gasteiger charge is -2.44. The van der Waals surface area contributed by atoms with Crippen LogP contribution < -0.4 is 35.8 Å². The van der Waals surface area contributed by atoms with Crippen LogP contribution in [0.15, 0.2) is 59.2 Å². The van der Waals surface area contributed by atoms with E-state index in [9.17, 15) is 18.9 Å². The maximum absolute atomic E-state index is 15.3. The molecule has 9 rings (SSSR count). The molecule has 6 heterocycles. The second-order valence-corrected chi connectivity index (χ2v) is 22.1. The van der Waals surface area contributed by atoms with Gasteiger partial charge in [0.15, 0.2) is 0 Å². The first-order chi connectivity index (χ1) is 31.9. The third-order valence-corrected chi connectivity index (χ3v) is 18.1. The van der Waals surface area contributed by atoms with Crippen LogP contribution in [0.3, 0.4) is 0 Å². The Morgan fingerprint density at radius 3 is 2.32 bits per heavy atom. The number of amides is 3. The van der Waals surface area contributed by atoms with Crippen molar-refractivity contribution in [1.29, 1.82) is 0 Å². The van der Waals surface area contributed by atoms with Crippen molar-refractivity contribution < 1.29 is 32.5 Å². The van der Waals surface area contributed by atoms with Crippen molar-refractivity contribution in [1.82, 2.24) is 25.1 Å². The highest BCUT2D eigenvalue weighted by molar-refractivity contribution is 9.10. The van der Waals surface area contributed by atoms with Crippen molar-refractivity contribution >= 4 is 80.6 Å². The molecule has 18 heteroatoms. The van der Waals surface area contributed by atoms with Gasteiger partial charge in [0.1, 0.15) is 30.3 Å². The first-order valence-electron chi connectivity index (χ1n) is 23.2. The van der Waals surface area contributed by atoms with E-state index >= 15 is 8.78 Å². The van der Waals surface area contributed by atoms with Gasteiger partial charge in [-0.1, -0.05) is 19.1 Å². The van der Waals surface area contributed by atoms with Crippen LogP contribution in [0.5, 0.6) is 5.75 Å². The highest BCUT2D eigenvalue weighted by atomic mass is 79.9. The fourth-order valence-electron chi connectivity index (χ4n) is 10.5. The highest BCUT2D eigenvalue weighted by Crippen LogP contribution is 2.52. The standard InChI is InChI=1S/C48H57BrF2N9O5P/c1-3-30-24-39(54-48-52-28-35(49)45(56-48)53-38-8-4-5-9-42(38)66(64)22-6-7-23-66)41(65-2)27-40(30)58-16-13-32(14-17-58)57-18-20-59(21-19-57)47(63)31-12-15-60(29-31)33-25-36(50)44(37(51)26-33)34-10-11-43(61)55-46(34)62/h4-5,8-9,24-28,31-32,34H,3,6-7,10-23,29H2,1-2H3,(H,55,61,62)(H2,52,53,54,56)/t31-,34?/m1/s1. The Kier molecular flexibility index (Phi) is 13.7. The van der Waals surface area contributed by atoms with Gasteiger partial charge < -0.3 is 34.6 Å². The molecule has 0 radical (unpaired) electrons. The predicted molar refractivity (Wildman–Crippen MR) is 257 cm³/mol. The van der Waals surface area contributed by atoms with Crippen LogP contribution >= 0.6 is 23.1 Å². The number of imide groups is 1. The molecule has 66 heavy (non-hydrogen) atoms. The van der Waals surface area contributed by atoms with E-state index < -0.39 is 36.5 Å². The Balaban J connectivity index is 0.781. The number of nitrogens with one attached hydrogen (secondary N) is 3. The third kappa shape index (κ3) is 9.53. The van der Waals surface area contributed by atoms with E-state index in [1.165, 1.54) is 17.7 Å². The molecule has 5 aliphatic rings. The number of nitrogens with zero attached hydrogens (tertiary/aromatic N) is 6. The van der Waals surface area contributed by atoms with Crippen molar-refractivity contribution in [2.24, 2.45) is 5.92 Å². The molecule has 2 atom stereocenters. The van der Waals surface area contributed by atoms with Crippen molar-refractivity contribution in [3.63, 3.8) is 0 Å². The van der Waals surface area contributed by atoms with E-state index in [4.69, 9.17) is 9.72 Å². The molecule has 1 unspecified atom stereocenters.